The highest BCUT2D eigenvalue weighted by Gasteiger charge is 2.36. The minimum atomic E-state index is -0.870. The van der Waals surface area contributed by atoms with Gasteiger partial charge >= 0.3 is 0 Å². The Labute approximate surface area is 111 Å². The smallest absolute Gasteiger partial charge is 0.251 e. The van der Waals surface area contributed by atoms with Crippen molar-refractivity contribution in [1.82, 2.24) is 5.32 Å². The lowest BCUT2D eigenvalue weighted by Gasteiger charge is -2.35. The van der Waals surface area contributed by atoms with Crippen molar-refractivity contribution in [3.8, 4) is 0 Å². The number of ether oxygens (including phenoxy) is 2. The molecule has 0 aromatic heterocycles. The quantitative estimate of drug-likeness (QED) is 0.763. The van der Waals surface area contributed by atoms with Gasteiger partial charge < -0.3 is 14.8 Å². The van der Waals surface area contributed by atoms with Gasteiger partial charge in [-0.1, -0.05) is 13.8 Å². The Bertz CT molecular complexity index is 272. The van der Waals surface area contributed by atoms with Gasteiger partial charge in [-0.05, 0) is 40.5 Å². The molecule has 0 aliphatic heterocycles. The van der Waals surface area contributed by atoms with E-state index in [1.54, 1.807) is 21.0 Å². The zero-order valence-corrected chi connectivity index (χ0v) is 13.1. The lowest BCUT2D eigenvalue weighted by molar-refractivity contribution is -0.171. The lowest BCUT2D eigenvalue weighted by atomic mass is 10.0. The van der Waals surface area contributed by atoms with Gasteiger partial charge in [-0.2, -0.15) is 0 Å². The van der Waals surface area contributed by atoms with E-state index in [-0.39, 0.29) is 11.9 Å². The molecule has 4 nitrogen and oxygen atoms in total. The van der Waals surface area contributed by atoms with E-state index in [2.05, 4.69) is 19.2 Å². The van der Waals surface area contributed by atoms with E-state index in [1.165, 1.54) is 0 Å². The molecule has 0 heterocycles. The van der Waals surface area contributed by atoms with Crippen LogP contribution in [0.25, 0.3) is 0 Å². The summed E-state index contributed by atoms with van der Waals surface area (Å²) in [5.41, 5.74) is -1.36. The van der Waals surface area contributed by atoms with Gasteiger partial charge in [-0.25, -0.2) is 0 Å². The van der Waals surface area contributed by atoms with Gasteiger partial charge in [0.1, 0.15) is 5.60 Å². The summed E-state index contributed by atoms with van der Waals surface area (Å²) in [5.74, 6) is 0.310. The Morgan fingerprint density at radius 2 is 1.67 bits per heavy atom. The van der Waals surface area contributed by atoms with Gasteiger partial charge in [0.25, 0.3) is 5.91 Å². The highest BCUT2D eigenvalue weighted by Crippen LogP contribution is 2.21. The van der Waals surface area contributed by atoms with E-state index in [1.807, 2.05) is 20.8 Å². The zero-order valence-electron chi connectivity index (χ0n) is 13.1. The lowest BCUT2D eigenvalue weighted by Crippen LogP contribution is -2.52. The van der Waals surface area contributed by atoms with Crippen molar-refractivity contribution in [1.29, 1.82) is 0 Å². The predicted octanol–water partition coefficient (Wildman–Crippen LogP) is 2.37. The summed E-state index contributed by atoms with van der Waals surface area (Å²) in [6, 6.07) is 0.130. The van der Waals surface area contributed by atoms with Crippen molar-refractivity contribution < 1.29 is 14.3 Å². The number of rotatable bonds is 7. The van der Waals surface area contributed by atoms with Crippen molar-refractivity contribution in [2.75, 3.05) is 13.7 Å². The van der Waals surface area contributed by atoms with Crippen molar-refractivity contribution >= 4 is 5.91 Å². The second-order valence-electron chi connectivity index (χ2n) is 6.31. The largest absolute Gasteiger partial charge is 0.382 e. The molecule has 0 saturated heterocycles. The minimum Gasteiger partial charge on any atom is -0.382 e. The van der Waals surface area contributed by atoms with E-state index in [9.17, 15) is 4.79 Å². The van der Waals surface area contributed by atoms with Gasteiger partial charge in [0.15, 0.2) is 0 Å². The van der Waals surface area contributed by atoms with Crippen LogP contribution in [-0.2, 0) is 14.3 Å². The first-order valence-electron chi connectivity index (χ1n) is 6.52. The third-order valence-electron chi connectivity index (χ3n) is 2.93. The van der Waals surface area contributed by atoms with Crippen LogP contribution < -0.4 is 5.32 Å². The van der Waals surface area contributed by atoms with Crippen LogP contribution >= 0.6 is 0 Å². The van der Waals surface area contributed by atoms with E-state index >= 15 is 0 Å². The van der Waals surface area contributed by atoms with Crippen LogP contribution in [0.1, 0.15) is 48.5 Å². The standard InChI is InChI=1S/C14H29NO3/c1-10(2)11(3)15-12(16)14(6,7)18-13(4,5)9-17-8/h10-11H,9H2,1-8H3,(H,15,16). The van der Waals surface area contributed by atoms with Gasteiger partial charge in [0.2, 0.25) is 0 Å². The van der Waals surface area contributed by atoms with Gasteiger partial charge in [0.05, 0.1) is 12.2 Å². The fourth-order valence-corrected chi connectivity index (χ4v) is 1.66. The zero-order chi connectivity index (χ0) is 14.6. The number of carbonyl (C=O) groups excluding carboxylic acids is 1. The summed E-state index contributed by atoms with van der Waals surface area (Å²) in [5, 5.41) is 2.98. The third kappa shape index (κ3) is 5.83. The molecule has 4 heteroatoms. The molecule has 0 spiro atoms. The normalized spacial score (nSPS) is 14.7. The van der Waals surface area contributed by atoms with E-state index in [0.29, 0.717) is 12.5 Å². The van der Waals surface area contributed by atoms with Crippen molar-refractivity contribution in [2.45, 2.75) is 65.7 Å². The van der Waals surface area contributed by atoms with Crippen LogP contribution in [0.5, 0.6) is 0 Å². The molecule has 0 fully saturated rings. The molecule has 0 aromatic carbocycles. The van der Waals surface area contributed by atoms with Crippen LogP contribution in [0.2, 0.25) is 0 Å². The highest BCUT2D eigenvalue weighted by atomic mass is 16.6. The molecule has 0 radical (unpaired) electrons. The van der Waals surface area contributed by atoms with Gasteiger partial charge in [0, 0.05) is 13.2 Å². The molecule has 1 N–H and O–H groups in total. The van der Waals surface area contributed by atoms with Crippen LogP contribution in [-0.4, -0.2) is 36.9 Å². The SMILES string of the molecule is COCC(C)(C)OC(C)(C)C(=O)NC(C)C(C)C. The number of amides is 1. The highest BCUT2D eigenvalue weighted by molar-refractivity contribution is 5.84. The number of hydrogen-bond acceptors (Lipinski definition) is 3. The molecule has 1 unspecified atom stereocenters. The van der Waals surface area contributed by atoms with Crippen molar-refractivity contribution in [3.05, 3.63) is 0 Å². The molecular formula is C14H29NO3. The Hall–Kier alpha value is -0.610. The summed E-state index contributed by atoms with van der Waals surface area (Å²) < 4.78 is 11.0. The molecular weight excluding hydrogens is 230 g/mol. The van der Waals surface area contributed by atoms with E-state index in [4.69, 9.17) is 9.47 Å². The van der Waals surface area contributed by atoms with Crippen LogP contribution in [0.3, 0.4) is 0 Å². The number of carbonyl (C=O) groups is 1. The van der Waals surface area contributed by atoms with Gasteiger partial charge in [-0.15, -0.1) is 0 Å². The summed E-state index contributed by atoms with van der Waals surface area (Å²) in [6.07, 6.45) is 0. The van der Waals surface area contributed by atoms with Gasteiger partial charge in [-0.3, -0.25) is 4.79 Å². The minimum absolute atomic E-state index is 0.0899. The van der Waals surface area contributed by atoms with Crippen LogP contribution in [0, 0.1) is 5.92 Å². The first-order valence-corrected chi connectivity index (χ1v) is 6.52. The second kappa shape index (κ2) is 6.53. The number of nitrogens with one attached hydrogen (secondary N) is 1. The Morgan fingerprint density at radius 1 is 1.17 bits per heavy atom. The van der Waals surface area contributed by atoms with E-state index < -0.39 is 11.2 Å². The summed E-state index contributed by atoms with van der Waals surface area (Å²) in [7, 11) is 1.62. The summed E-state index contributed by atoms with van der Waals surface area (Å²) in [6.45, 7) is 14.0. The first kappa shape index (κ1) is 17.4. The fourth-order valence-electron chi connectivity index (χ4n) is 1.66. The molecule has 1 atom stereocenters. The maximum atomic E-state index is 12.2. The molecule has 0 bridgehead atoms. The molecule has 1 amide bonds. The third-order valence-corrected chi connectivity index (χ3v) is 2.93. The molecule has 18 heavy (non-hydrogen) atoms. The number of methoxy groups -OCH3 is 1. The Balaban J connectivity index is 4.57. The van der Waals surface area contributed by atoms with Crippen LogP contribution in [0.15, 0.2) is 0 Å². The molecule has 0 rings (SSSR count). The topological polar surface area (TPSA) is 47.6 Å². The van der Waals surface area contributed by atoms with Crippen molar-refractivity contribution in [2.24, 2.45) is 5.92 Å². The first-order chi connectivity index (χ1) is 8.02. The van der Waals surface area contributed by atoms with Crippen molar-refractivity contribution in [3.63, 3.8) is 0 Å². The van der Waals surface area contributed by atoms with E-state index in [0.717, 1.165) is 0 Å². The molecule has 0 aromatic rings. The molecule has 0 aliphatic carbocycles. The molecule has 108 valence electrons. The summed E-state index contributed by atoms with van der Waals surface area (Å²) in [4.78, 5) is 12.2. The average molecular weight is 259 g/mol. The second-order valence-corrected chi connectivity index (χ2v) is 6.31. The Kier molecular flexibility index (Phi) is 6.30. The summed E-state index contributed by atoms with van der Waals surface area (Å²) >= 11 is 0. The van der Waals surface area contributed by atoms with Crippen LogP contribution in [0.4, 0.5) is 0 Å². The average Bonchev–Trinajstić information content (AvgIpc) is 2.14. The molecule has 0 saturated carbocycles. The Morgan fingerprint density at radius 3 is 2.06 bits per heavy atom. The monoisotopic (exact) mass is 259 g/mol. The molecule has 0 aliphatic rings. The number of hydrogen-bond donors (Lipinski definition) is 1. The fraction of sp³-hybridized carbons (Fsp3) is 0.929. The maximum Gasteiger partial charge on any atom is 0.251 e. The predicted molar refractivity (Wildman–Crippen MR) is 73.6 cm³/mol. The maximum absolute atomic E-state index is 12.2.